The van der Waals surface area contributed by atoms with E-state index in [4.69, 9.17) is 0 Å². The molecule has 0 radical (unpaired) electrons. The predicted molar refractivity (Wildman–Crippen MR) is 120 cm³/mol. The van der Waals surface area contributed by atoms with Gasteiger partial charge in [-0.3, -0.25) is 9.10 Å². The van der Waals surface area contributed by atoms with Gasteiger partial charge in [-0.2, -0.15) is 0 Å². The molecule has 0 aliphatic rings. The molecule has 0 fully saturated rings. The molecule has 2 atom stereocenters. The second-order valence-corrected chi connectivity index (χ2v) is 10.4. The highest BCUT2D eigenvalue weighted by Gasteiger charge is 2.32. The molecule has 0 saturated carbocycles. The van der Waals surface area contributed by atoms with E-state index in [2.05, 4.69) is 26.1 Å². The maximum Gasteiger partial charge on any atom is 0.244 e. The Hall–Kier alpha value is -2.41. The van der Waals surface area contributed by atoms with Gasteiger partial charge in [0.15, 0.2) is 0 Å². The first kappa shape index (κ1) is 23.9. The molecule has 0 saturated heterocycles. The van der Waals surface area contributed by atoms with E-state index in [1.54, 1.807) is 6.92 Å². The second-order valence-electron chi connectivity index (χ2n) is 8.56. The Kier molecular flexibility index (Phi) is 7.29. The van der Waals surface area contributed by atoms with Crippen molar-refractivity contribution in [3.8, 4) is 0 Å². The lowest BCUT2D eigenvalue weighted by molar-refractivity contribution is -0.122. The van der Waals surface area contributed by atoms with E-state index in [9.17, 15) is 17.6 Å². The highest BCUT2D eigenvalue weighted by Crippen LogP contribution is 2.25. The van der Waals surface area contributed by atoms with E-state index in [1.165, 1.54) is 29.8 Å². The lowest BCUT2D eigenvalue weighted by Crippen LogP contribution is -2.49. The first-order chi connectivity index (χ1) is 13.8. The molecule has 1 amide bonds. The van der Waals surface area contributed by atoms with Crippen molar-refractivity contribution in [2.24, 2.45) is 0 Å². The van der Waals surface area contributed by atoms with E-state index in [0.29, 0.717) is 0 Å². The van der Waals surface area contributed by atoms with Crippen molar-refractivity contribution >= 4 is 21.6 Å². The van der Waals surface area contributed by atoms with Crippen LogP contribution in [-0.4, -0.2) is 26.6 Å². The molecule has 0 bridgehead atoms. The Bertz CT molecular complexity index is 965. The summed E-state index contributed by atoms with van der Waals surface area (Å²) in [6, 6.07) is 11.9. The lowest BCUT2D eigenvalue weighted by atomic mass is 9.86. The van der Waals surface area contributed by atoms with Gasteiger partial charge in [0.25, 0.3) is 0 Å². The molecule has 5 nitrogen and oxygen atoms in total. The summed E-state index contributed by atoms with van der Waals surface area (Å²) in [6.45, 7) is 10.0. The number of nitrogens with one attached hydrogen (secondary N) is 1. The first-order valence-electron chi connectivity index (χ1n) is 10.0. The number of nitrogens with zero attached hydrogens (tertiary/aromatic N) is 1. The van der Waals surface area contributed by atoms with Gasteiger partial charge in [0.2, 0.25) is 15.9 Å². The van der Waals surface area contributed by atoms with E-state index in [0.717, 1.165) is 16.1 Å². The fourth-order valence-corrected chi connectivity index (χ4v) is 4.52. The van der Waals surface area contributed by atoms with Crippen molar-refractivity contribution in [2.75, 3.05) is 10.6 Å². The second kappa shape index (κ2) is 9.16. The highest BCUT2D eigenvalue weighted by molar-refractivity contribution is 7.92. The van der Waals surface area contributed by atoms with Crippen molar-refractivity contribution in [3.63, 3.8) is 0 Å². The molecule has 30 heavy (non-hydrogen) atoms. The van der Waals surface area contributed by atoms with Crippen molar-refractivity contribution < 1.29 is 17.6 Å². The molecule has 0 unspecified atom stereocenters. The lowest BCUT2D eigenvalue weighted by Gasteiger charge is -2.31. The van der Waals surface area contributed by atoms with Crippen LogP contribution >= 0.6 is 0 Å². The minimum absolute atomic E-state index is 0.0312. The van der Waals surface area contributed by atoms with Gasteiger partial charge in [-0.05, 0) is 54.2 Å². The third-order valence-corrected chi connectivity index (χ3v) is 6.23. The number of anilines is 1. The van der Waals surface area contributed by atoms with Gasteiger partial charge in [0.05, 0.1) is 18.0 Å². The molecular formula is C23H31FN2O3S. The number of sulfonamides is 1. The fourth-order valence-electron chi connectivity index (χ4n) is 3.31. The normalized spacial score (nSPS) is 14.1. The molecule has 0 spiro atoms. The van der Waals surface area contributed by atoms with Gasteiger partial charge in [-0.15, -0.1) is 0 Å². The zero-order valence-electron chi connectivity index (χ0n) is 18.4. The maximum absolute atomic E-state index is 13.3. The Morgan fingerprint density at radius 2 is 1.60 bits per heavy atom. The van der Waals surface area contributed by atoms with Gasteiger partial charge >= 0.3 is 0 Å². The molecule has 164 valence electrons. The number of carbonyl (C=O) groups is 1. The third kappa shape index (κ3) is 5.81. The monoisotopic (exact) mass is 434 g/mol. The van der Waals surface area contributed by atoms with E-state index >= 15 is 0 Å². The number of carbonyl (C=O) groups excluding carboxylic acids is 1. The molecular weight excluding hydrogens is 403 g/mol. The van der Waals surface area contributed by atoms with Crippen LogP contribution in [0.25, 0.3) is 0 Å². The Labute approximate surface area is 179 Å². The summed E-state index contributed by atoms with van der Waals surface area (Å²) in [6.07, 6.45) is 1.31. The van der Waals surface area contributed by atoms with Crippen LogP contribution in [0.1, 0.15) is 58.2 Å². The SMILES string of the molecule is CC[C@H](C(=O)N[C@@H](C)c1ccc(C(C)(C)C)cc1)N(c1ccc(F)cc1)S(C)(=O)=O. The van der Waals surface area contributed by atoms with Crippen LogP contribution < -0.4 is 9.62 Å². The van der Waals surface area contributed by atoms with Crippen LogP contribution in [0.3, 0.4) is 0 Å². The third-order valence-electron chi connectivity index (χ3n) is 5.05. The van der Waals surface area contributed by atoms with Crippen molar-refractivity contribution in [1.29, 1.82) is 0 Å². The van der Waals surface area contributed by atoms with Crippen LogP contribution in [0.5, 0.6) is 0 Å². The van der Waals surface area contributed by atoms with Crippen LogP contribution in [-0.2, 0) is 20.2 Å². The zero-order chi connectivity index (χ0) is 22.7. The molecule has 0 heterocycles. The fraction of sp³-hybridized carbons (Fsp3) is 0.435. The van der Waals surface area contributed by atoms with E-state index in [-0.39, 0.29) is 23.6 Å². The number of hydrogen-bond donors (Lipinski definition) is 1. The van der Waals surface area contributed by atoms with Gasteiger partial charge in [-0.25, -0.2) is 12.8 Å². The summed E-state index contributed by atoms with van der Waals surface area (Å²) in [5.41, 5.74) is 2.40. The van der Waals surface area contributed by atoms with Crippen LogP contribution in [0.2, 0.25) is 0 Å². The summed E-state index contributed by atoms with van der Waals surface area (Å²) in [4.78, 5) is 13.0. The topological polar surface area (TPSA) is 66.5 Å². The molecule has 0 aliphatic carbocycles. The largest absolute Gasteiger partial charge is 0.348 e. The summed E-state index contributed by atoms with van der Waals surface area (Å²) in [7, 11) is -3.76. The minimum atomic E-state index is -3.76. The standard InChI is InChI=1S/C23H31FN2O3S/c1-7-21(26(30(6,28)29)20-14-12-19(24)13-15-20)22(27)25-16(2)17-8-10-18(11-9-17)23(3,4)5/h8-16,21H,7H2,1-6H3,(H,25,27)/t16-,21+/m0/s1. The van der Waals surface area contributed by atoms with E-state index in [1.807, 2.05) is 31.2 Å². The van der Waals surface area contributed by atoms with Crippen molar-refractivity contribution in [2.45, 2.75) is 58.5 Å². The summed E-state index contributed by atoms with van der Waals surface area (Å²) in [5, 5.41) is 2.92. The Morgan fingerprint density at radius 1 is 1.07 bits per heavy atom. The molecule has 2 rings (SSSR count). The summed E-state index contributed by atoms with van der Waals surface area (Å²) >= 11 is 0. The number of amides is 1. The molecule has 2 aromatic carbocycles. The number of hydrogen-bond acceptors (Lipinski definition) is 3. The smallest absolute Gasteiger partial charge is 0.244 e. The number of halogens is 1. The first-order valence-corrected chi connectivity index (χ1v) is 11.8. The van der Waals surface area contributed by atoms with Gasteiger partial charge < -0.3 is 5.32 Å². The Morgan fingerprint density at radius 3 is 2.03 bits per heavy atom. The molecule has 0 aromatic heterocycles. The minimum Gasteiger partial charge on any atom is -0.348 e. The molecule has 7 heteroatoms. The van der Waals surface area contributed by atoms with E-state index < -0.39 is 27.8 Å². The zero-order valence-corrected chi connectivity index (χ0v) is 19.3. The number of benzene rings is 2. The maximum atomic E-state index is 13.3. The van der Waals surface area contributed by atoms with Crippen LogP contribution in [0.4, 0.5) is 10.1 Å². The molecule has 1 N–H and O–H groups in total. The highest BCUT2D eigenvalue weighted by atomic mass is 32.2. The van der Waals surface area contributed by atoms with Crippen LogP contribution in [0, 0.1) is 5.82 Å². The number of rotatable bonds is 7. The molecule has 2 aromatic rings. The quantitative estimate of drug-likeness (QED) is 0.695. The Balaban J connectivity index is 2.26. The average Bonchev–Trinajstić information content (AvgIpc) is 2.65. The van der Waals surface area contributed by atoms with Crippen molar-refractivity contribution in [3.05, 3.63) is 65.5 Å². The summed E-state index contributed by atoms with van der Waals surface area (Å²) < 4.78 is 39.3. The predicted octanol–water partition coefficient (Wildman–Crippen LogP) is 4.55. The average molecular weight is 435 g/mol. The van der Waals surface area contributed by atoms with Gasteiger partial charge in [0.1, 0.15) is 11.9 Å². The van der Waals surface area contributed by atoms with Crippen LogP contribution in [0.15, 0.2) is 48.5 Å². The van der Waals surface area contributed by atoms with Gasteiger partial charge in [-0.1, -0.05) is 52.0 Å². The molecule has 0 aliphatic heterocycles. The summed E-state index contributed by atoms with van der Waals surface area (Å²) in [5.74, 6) is -0.878. The van der Waals surface area contributed by atoms with Crippen molar-refractivity contribution in [1.82, 2.24) is 5.32 Å². The van der Waals surface area contributed by atoms with Gasteiger partial charge in [0, 0.05) is 0 Å².